The van der Waals surface area contributed by atoms with Crippen LogP contribution < -0.4 is 10.9 Å². The Labute approximate surface area is 116 Å². The Morgan fingerprint density at radius 1 is 1.35 bits per heavy atom. The zero-order valence-corrected chi connectivity index (χ0v) is 11.5. The summed E-state index contributed by atoms with van der Waals surface area (Å²) in [4.78, 5) is 23.2. The molecule has 0 fully saturated rings. The maximum Gasteiger partial charge on any atom is 0.266 e. The van der Waals surface area contributed by atoms with Crippen LogP contribution in [0.2, 0.25) is 0 Å². The molecule has 106 valence electrons. The highest BCUT2D eigenvalue weighted by molar-refractivity contribution is 5.75. The van der Waals surface area contributed by atoms with Crippen LogP contribution in [0, 0.1) is 13.8 Å². The van der Waals surface area contributed by atoms with Crippen molar-refractivity contribution in [3.8, 4) is 0 Å². The van der Waals surface area contributed by atoms with Crippen molar-refractivity contribution in [3.63, 3.8) is 0 Å². The lowest BCUT2D eigenvalue weighted by atomic mass is 10.4. The molecule has 0 atom stereocenters. The van der Waals surface area contributed by atoms with E-state index >= 15 is 0 Å². The second kappa shape index (κ2) is 6.14. The van der Waals surface area contributed by atoms with Crippen molar-refractivity contribution in [2.45, 2.75) is 26.9 Å². The summed E-state index contributed by atoms with van der Waals surface area (Å²) in [5, 5.41) is 10.9. The molecule has 2 heterocycles. The third kappa shape index (κ3) is 3.53. The Hall–Kier alpha value is -2.44. The van der Waals surface area contributed by atoms with E-state index in [-0.39, 0.29) is 18.0 Å². The molecule has 0 aromatic carbocycles. The molecule has 0 aliphatic heterocycles. The van der Waals surface area contributed by atoms with Crippen LogP contribution in [0.1, 0.15) is 11.4 Å². The second-order valence-electron chi connectivity index (χ2n) is 4.52. The SMILES string of the molecule is Cc1cc(C)n(CC(=O)NCCn2ncccc2=O)n1. The van der Waals surface area contributed by atoms with Gasteiger partial charge in [0, 0.05) is 24.5 Å². The van der Waals surface area contributed by atoms with Crippen molar-refractivity contribution < 1.29 is 4.79 Å². The average Bonchev–Trinajstić information content (AvgIpc) is 2.70. The molecule has 0 aliphatic rings. The first-order valence-corrected chi connectivity index (χ1v) is 6.36. The van der Waals surface area contributed by atoms with Crippen molar-refractivity contribution in [2.75, 3.05) is 6.54 Å². The number of rotatable bonds is 5. The maximum absolute atomic E-state index is 11.8. The number of hydrogen-bond acceptors (Lipinski definition) is 4. The zero-order chi connectivity index (χ0) is 14.5. The fourth-order valence-corrected chi connectivity index (χ4v) is 1.88. The molecule has 7 heteroatoms. The Bertz CT molecular complexity index is 659. The Morgan fingerprint density at radius 2 is 2.15 bits per heavy atom. The molecule has 7 nitrogen and oxygen atoms in total. The van der Waals surface area contributed by atoms with Gasteiger partial charge in [-0.3, -0.25) is 14.3 Å². The van der Waals surface area contributed by atoms with Crippen LogP contribution in [-0.2, 0) is 17.9 Å². The van der Waals surface area contributed by atoms with Gasteiger partial charge in [0.25, 0.3) is 5.56 Å². The summed E-state index contributed by atoms with van der Waals surface area (Å²) in [6.45, 7) is 4.67. The minimum atomic E-state index is -0.180. The number of hydrogen-bond donors (Lipinski definition) is 1. The van der Waals surface area contributed by atoms with Crippen LogP contribution in [0.25, 0.3) is 0 Å². The van der Waals surface area contributed by atoms with Gasteiger partial charge in [-0.1, -0.05) is 0 Å². The summed E-state index contributed by atoms with van der Waals surface area (Å²) in [5.74, 6) is -0.139. The van der Waals surface area contributed by atoms with E-state index in [0.717, 1.165) is 11.4 Å². The number of carbonyl (C=O) groups excluding carboxylic acids is 1. The number of carbonyl (C=O) groups is 1. The molecular formula is C13H17N5O2. The van der Waals surface area contributed by atoms with E-state index in [9.17, 15) is 9.59 Å². The summed E-state index contributed by atoms with van der Waals surface area (Å²) >= 11 is 0. The van der Waals surface area contributed by atoms with Crippen LogP contribution >= 0.6 is 0 Å². The van der Waals surface area contributed by atoms with Gasteiger partial charge in [-0.05, 0) is 26.0 Å². The summed E-state index contributed by atoms with van der Waals surface area (Å²) in [7, 11) is 0. The fourth-order valence-electron chi connectivity index (χ4n) is 1.88. The second-order valence-corrected chi connectivity index (χ2v) is 4.52. The van der Waals surface area contributed by atoms with E-state index in [0.29, 0.717) is 13.1 Å². The summed E-state index contributed by atoms with van der Waals surface area (Å²) in [6.07, 6.45) is 1.54. The van der Waals surface area contributed by atoms with Crippen molar-refractivity contribution >= 4 is 5.91 Å². The maximum atomic E-state index is 11.8. The summed E-state index contributed by atoms with van der Waals surface area (Å²) in [5.41, 5.74) is 1.65. The summed E-state index contributed by atoms with van der Waals surface area (Å²) in [6, 6.07) is 4.94. The minimum absolute atomic E-state index is 0.139. The van der Waals surface area contributed by atoms with Crippen molar-refractivity contribution in [1.82, 2.24) is 24.9 Å². The number of nitrogens with one attached hydrogen (secondary N) is 1. The molecular weight excluding hydrogens is 258 g/mol. The molecule has 0 saturated heterocycles. The first kappa shape index (κ1) is 14.0. The lowest BCUT2D eigenvalue weighted by molar-refractivity contribution is -0.121. The standard InChI is InChI=1S/C13H17N5O2/c1-10-8-11(2)18(16-10)9-12(19)14-6-7-17-13(20)4-3-5-15-17/h3-5,8H,6-7,9H2,1-2H3,(H,14,19). The van der Waals surface area contributed by atoms with Gasteiger partial charge < -0.3 is 5.32 Å². The van der Waals surface area contributed by atoms with Gasteiger partial charge in [-0.25, -0.2) is 4.68 Å². The van der Waals surface area contributed by atoms with Crippen molar-refractivity contribution in [2.24, 2.45) is 0 Å². The highest BCUT2D eigenvalue weighted by Gasteiger charge is 2.06. The molecule has 20 heavy (non-hydrogen) atoms. The van der Waals surface area contributed by atoms with E-state index < -0.39 is 0 Å². The van der Waals surface area contributed by atoms with Crippen LogP contribution in [0.15, 0.2) is 29.2 Å². The van der Waals surface area contributed by atoms with E-state index in [1.807, 2.05) is 19.9 Å². The molecule has 1 N–H and O–H groups in total. The van der Waals surface area contributed by atoms with Crippen molar-refractivity contribution in [3.05, 3.63) is 46.1 Å². The number of amides is 1. The van der Waals surface area contributed by atoms with E-state index in [1.54, 1.807) is 16.9 Å². The lowest BCUT2D eigenvalue weighted by Crippen LogP contribution is -2.33. The highest BCUT2D eigenvalue weighted by atomic mass is 16.2. The van der Waals surface area contributed by atoms with Gasteiger partial charge in [0.15, 0.2) is 0 Å². The Morgan fingerprint density at radius 3 is 2.80 bits per heavy atom. The third-order valence-corrected chi connectivity index (χ3v) is 2.83. The molecule has 0 bridgehead atoms. The Balaban J connectivity index is 1.83. The van der Waals surface area contributed by atoms with Crippen LogP contribution in [0.4, 0.5) is 0 Å². The third-order valence-electron chi connectivity index (χ3n) is 2.83. The Kier molecular flexibility index (Phi) is 4.29. The summed E-state index contributed by atoms with van der Waals surface area (Å²) < 4.78 is 2.96. The molecule has 1 amide bonds. The minimum Gasteiger partial charge on any atom is -0.353 e. The predicted molar refractivity (Wildman–Crippen MR) is 73.2 cm³/mol. The molecule has 0 spiro atoms. The molecule has 2 rings (SSSR count). The number of aryl methyl sites for hydroxylation is 2. The molecule has 0 radical (unpaired) electrons. The largest absolute Gasteiger partial charge is 0.353 e. The van der Waals surface area contributed by atoms with E-state index in [4.69, 9.17) is 0 Å². The van der Waals surface area contributed by atoms with Gasteiger partial charge >= 0.3 is 0 Å². The zero-order valence-electron chi connectivity index (χ0n) is 11.5. The smallest absolute Gasteiger partial charge is 0.266 e. The topological polar surface area (TPSA) is 81.8 Å². The van der Waals surface area contributed by atoms with Gasteiger partial charge in [-0.2, -0.15) is 10.2 Å². The first-order chi connectivity index (χ1) is 9.56. The van der Waals surface area contributed by atoms with Crippen LogP contribution in [0.5, 0.6) is 0 Å². The van der Waals surface area contributed by atoms with Gasteiger partial charge in [0.05, 0.1) is 12.2 Å². The van der Waals surface area contributed by atoms with Crippen LogP contribution in [0.3, 0.4) is 0 Å². The van der Waals surface area contributed by atoms with Crippen molar-refractivity contribution in [1.29, 1.82) is 0 Å². The fraction of sp³-hybridized carbons (Fsp3) is 0.385. The first-order valence-electron chi connectivity index (χ1n) is 6.36. The molecule has 0 saturated carbocycles. The normalized spacial score (nSPS) is 10.5. The number of aromatic nitrogens is 4. The van der Waals surface area contributed by atoms with E-state index in [1.165, 1.54) is 10.7 Å². The quantitative estimate of drug-likeness (QED) is 0.824. The van der Waals surface area contributed by atoms with Gasteiger partial charge in [0.2, 0.25) is 5.91 Å². The molecule has 0 unspecified atom stereocenters. The highest BCUT2D eigenvalue weighted by Crippen LogP contribution is 2.00. The average molecular weight is 275 g/mol. The number of nitrogens with zero attached hydrogens (tertiary/aromatic N) is 4. The molecule has 2 aromatic heterocycles. The van der Waals surface area contributed by atoms with Gasteiger partial charge in [-0.15, -0.1) is 0 Å². The predicted octanol–water partition coefficient (Wildman–Crippen LogP) is -0.127. The lowest BCUT2D eigenvalue weighted by Gasteiger charge is -2.07. The molecule has 2 aromatic rings. The monoisotopic (exact) mass is 275 g/mol. The molecule has 0 aliphatic carbocycles. The van der Waals surface area contributed by atoms with E-state index in [2.05, 4.69) is 15.5 Å². The van der Waals surface area contributed by atoms with Crippen LogP contribution in [-0.4, -0.2) is 32.0 Å². The van der Waals surface area contributed by atoms with Gasteiger partial charge in [0.1, 0.15) is 6.54 Å².